The first kappa shape index (κ1) is 47.3. The van der Waals surface area contributed by atoms with Crippen molar-refractivity contribution in [1.82, 2.24) is 9.89 Å². The standard InChI is InChI=1S/C44H55N3O17/c1-19-33(51)35(53)37(55)43(58-19)63-40-32(45-20(2)50)42(61-30(18-49)39(40)62-44-38(56)36(54)34(52)29(17-48)60-44)64-41(57)24-10-8-7-9-23(24)31-25-13-11-21(46(3)4)15-27(25)59-28-16-22(47(5)6)12-14-26(28)31/h7-16,19,29-30,32-40,42-44,48-49,51-56H,17-18H2,1-6H3/p+1/t19-,29-,30-,32-,33+,34+,35+,36+,37-,38-,39-,40-,42+,43-,44+/m1/s1. The number of aliphatic hydroxyl groups excluding tert-OH is 8. The number of nitrogens with zero attached hydrogens (tertiary/aromatic N) is 2. The highest BCUT2D eigenvalue weighted by molar-refractivity contribution is 6.08. The van der Waals surface area contributed by atoms with Gasteiger partial charge in [-0.1, -0.05) is 18.2 Å². The number of amides is 1. The maximum absolute atomic E-state index is 14.7. The van der Waals surface area contributed by atoms with Crippen LogP contribution in [0.1, 0.15) is 24.2 Å². The van der Waals surface area contributed by atoms with Gasteiger partial charge in [-0.3, -0.25) is 4.79 Å². The molecule has 0 spiro atoms. The normalized spacial score (nSPS) is 33.2. The smallest absolute Gasteiger partial charge is 0.341 e. The van der Waals surface area contributed by atoms with Gasteiger partial charge in [-0.15, -0.1) is 0 Å². The first-order valence-electron chi connectivity index (χ1n) is 20.8. The Hall–Kier alpha value is -4.65. The second-order valence-electron chi connectivity index (χ2n) is 16.6. The molecule has 5 aliphatic rings. The zero-order valence-electron chi connectivity index (χ0n) is 36.0. The van der Waals surface area contributed by atoms with Crippen molar-refractivity contribution >= 4 is 28.5 Å². The molecule has 7 rings (SSSR count). The van der Waals surface area contributed by atoms with Crippen molar-refractivity contribution in [2.24, 2.45) is 0 Å². The average molecular weight is 899 g/mol. The molecule has 1 aliphatic carbocycles. The molecular weight excluding hydrogens is 842 g/mol. The first-order valence-corrected chi connectivity index (χ1v) is 20.8. The predicted octanol–water partition coefficient (Wildman–Crippen LogP) is -1.92. The third-order valence-corrected chi connectivity index (χ3v) is 11.8. The van der Waals surface area contributed by atoms with E-state index < -0.39 is 117 Å². The lowest BCUT2D eigenvalue weighted by Crippen LogP contribution is -2.70. The number of hydrogen-bond acceptors (Lipinski definition) is 18. The van der Waals surface area contributed by atoms with Gasteiger partial charge in [0.05, 0.1) is 30.9 Å². The van der Waals surface area contributed by atoms with Crippen molar-refractivity contribution in [3.63, 3.8) is 0 Å². The van der Waals surface area contributed by atoms with Gasteiger partial charge in [-0.05, 0) is 36.8 Å². The van der Waals surface area contributed by atoms with Crippen LogP contribution in [0.4, 0.5) is 5.69 Å². The molecule has 2 aromatic carbocycles. The van der Waals surface area contributed by atoms with E-state index in [-0.39, 0.29) is 5.56 Å². The molecule has 3 fully saturated rings. The van der Waals surface area contributed by atoms with Crippen LogP contribution in [-0.4, -0.2) is 186 Å². The number of carbonyl (C=O) groups excluding carboxylic acids is 2. The van der Waals surface area contributed by atoms with Gasteiger partial charge in [0.15, 0.2) is 12.6 Å². The van der Waals surface area contributed by atoms with Gasteiger partial charge in [0, 0.05) is 55.4 Å². The van der Waals surface area contributed by atoms with Crippen LogP contribution >= 0.6 is 0 Å². The molecule has 348 valence electrons. The fourth-order valence-electron chi connectivity index (χ4n) is 8.24. The van der Waals surface area contributed by atoms with E-state index >= 15 is 0 Å². The van der Waals surface area contributed by atoms with E-state index in [4.69, 9.17) is 32.8 Å². The number of benzene rings is 3. The van der Waals surface area contributed by atoms with E-state index in [9.17, 15) is 50.4 Å². The van der Waals surface area contributed by atoms with Gasteiger partial charge in [-0.2, -0.15) is 0 Å². The Morgan fingerprint density at radius 1 is 0.734 bits per heavy atom. The molecule has 64 heavy (non-hydrogen) atoms. The fourth-order valence-corrected chi connectivity index (χ4v) is 8.24. The monoisotopic (exact) mass is 898 g/mol. The maximum Gasteiger partial charge on any atom is 0.341 e. The van der Waals surface area contributed by atoms with Crippen molar-refractivity contribution < 1.29 is 83.3 Å². The number of esters is 1. The molecule has 4 heterocycles. The lowest BCUT2D eigenvalue weighted by atomic mass is 9.90. The number of nitrogens with one attached hydrogen (secondary N) is 1. The minimum atomic E-state index is -1.94. The lowest BCUT2D eigenvalue weighted by molar-refractivity contribution is -0.370. The Kier molecular flexibility index (Phi) is 14.4. The van der Waals surface area contributed by atoms with Gasteiger partial charge < -0.3 is 83.9 Å². The molecular formula is C44H56N3O17+. The van der Waals surface area contributed by atoms with Gasteiger partial charge in [0.1, 0.15) is 92.5 Å². The number of anilines is 1. The van der Waals surface area contributed by atoms with Crippen LogP contribution in [0.15, 0.2) is 65.1 Å². The van der Waals surface area contributed by atoms with Crippen LogP contribution in [0.5, 0.6) is 0 Å². The van der Waals surface area contributed by atoms with Gasteiger partial charge in [0.2, 0.25) is 17.6 Å². The highest BCUT2D eigenvalue weighted by atomic mass is 16.8. The number of rotatable bonds is 11. The summed E-state index contributed by atoms with van der Waals surface area (Å²) in [5.74, 6) is -1.12. The van der Waals surface area contributed by atoms with Crippen LogP contribution in [-0.2, 0) is 33.2 Å². The highest BCUT2D eigenvalue weighted by Gasteiger charge is 2.55. The van der Waals surface area contributed by atoms with Crippen LogP contribution in [0.3, 0.4) is 0 Å². The second-order valence-corrected chi connectivity index (χ2v) is 16.6. The van der Waals surface area contributed by atoms with E-state index in [0.29, 0.717) is 33.4 Å². The molecule has 15 atom stereocenters. The van der Waals surface area contributed by atoms with Gasteiger partial charge in [0.25, 0.3) is 0 Å². The summed E-state index contributed by atoms with van der Waals surface area (Å²) in [6.07, 6.45) is -23.6. The number of fused-ring (bicyclic) bond motifs is 2. The van der Waals surface area contributed by atoms with Gasteiger partial charge >= 0.3 is 5.97 Å². The van der Waals surface area contributed by atoms with E-state index in [1.54, 1.807) is 24.3 Å². The van der Waals surface area contributed by atoms with Crippen LogP contribution in [0, 0.1) is 0 Å². The molecule has 3 saturated heterocycles. The van der Waals surface area contributed by atoms with Gasteiger partial charge in [-0.25, -0.2) is 9.37 Å². The van der Waals surface area contributed by atoms with E-state index in [1.807, 2.05) is 74.1 Å². The summed E-state index contributed by atoms with van der Waals surface area (Å²) in [7, 11) is 7.61. The van der Waals surface area contributed by atoms with E-state index in [0.717, 1.165) is 18.0 Å². The van der Waals surface area contributed by atoms with Crippen molar-refractivity contribution in [3.05, 3.63) is 71.6 Å². The van der Waals surface area contributed by atoms with Crippen molar-refractivity contribution in [3.8, 4) is 22.5 Å². The minimum Gasteiger partial charge on any atom is -0.456 e. The Labute approximate surface area is 367 Å². The topological polar surface area (TPSA) is 283 Å². The molecule has 9 N–H and O–H groups in total. The summed E-state index contributed by atoms with van der Waals surface area (Å²) in [6, 6.07) is 16.5. The largest absolute Gasteiger partial charge is 0.456 e. The maximum atomic E-state index is 14.7. The highest BCUT2D eigenvalue weighted by Crippen LogP contribution is 2.43. The Bertz CT molecular complexity index is 2340. The molecule has 20 nitrogen and oxygen atoms in total. The summed E-state index contributed by atoms with van der Waals surface area (Å²) in [5, 5.41) is 88.9. The second kappa shape index (κ2) is 19.4. The number of ether oxygens (including phenoxy) is 6. The number of carbonyl (C=O) groups is 2. The van der Waals surface area contributed by atoms with E-state index in [2.05, 4.69) is 5.32 Å². The molecule has 0 aromatic heterocycles. The molecule has 20 heteroatoms. The molecule has 0 unspecified atom stereocenters. The van der Waals surface area contributed by atoms with Crippen LogP contribution < -0.4 is 20.1 Å². The zero-order valence-corrected chi connectivity index (χ0v) is 36.0. The SMILES string of the molecule is CC(=O)N[C@H]1[C@H](OC(=O)c2ccccc2-c2c3ccc(=[N+](C)C)cc-3oc3cc(N(C)C)ccc23)O[C@H](CO)[C@@H](O[C@@H]2O[C@H](CO)[C@H](O)[C@H](O)[C@H]2O)[C@@H]1O[C@H]1O[C@H](C)[C@H](O)[C@H](O)[C@H]1O. The summed E-state index contributed by atoms with van der Waals surface area (Å²) in [5.41, 5.74) is 3.22. The Morgan fingerprint density at radius 2 is 1.38 bits per heavy atom. The zero-order chi connectivity index (χ0) is 46.3. The van der Waals surface area contributed by atoms with E-state index in [1.165, 1.54) is 6.92 Å². The molecule has 1 amide bonds. The molecule has 4 aliphatic heterocycles. The van der Waals surface area contributed by atoms with Crippen molar-refractivity contribution in [1.29, 1.82) is 0 Å². The van der Waals surface area contributed by atoms with Crippen molar-refractivity contribution in [2.45, 2.75) is 106 Å². The first-order chi connectivity index (χ1) is 30.4. The third kappa shape index (κ3) is 9.24. The number of hydrogen-bond donors (Lipinski definition) is 9. The van der Waals surface area contributed by atoms with Crippen LogP contribution in [0.2, 0.25) is 0 Å². The fraction of sp³-hybridized carbons (Fsp3) is 0.523. The molecule has 0 bridgehead atoms. The molecule has 0 radical (unpaired) electrons. The summed E-state index contributed by atoms with van der Waals surface area (Å²) in [6.45, 7) is 0.855. The lowest BCUT2D eigenvalue weighted by Gasteiger charge is -2.49. The minimum absolute atomic E-state index is 0.0597. The predicted molar refractivity (Wildman–Crippen MR) is 224 cm³/mol. The molecule has 2 aromatic rings. The average Bonchev–Trinajstić information content (AvgIpc) is 3.27. The Morgan fingerprint density at radius 3 is 2.03 bits per heavy atom. The third-order valence-electron chi connectivity index (χ3n) is 11.8. The summed E-state index contributed by atoms with van der Waals surface area (Å²) < 4.78 is 44.3. The quantitative estimate of drug-likeness (QED) is 0.0451. The summed E-state index contributed by atoms with van der Waals surface area (Å²) >= 11 is 0. The summed E-state index contributed by atoms with van der Waals surface area (Å²) in [4.78, 5) is 29.6. The van der Waals surface area contributed by atoms with Crippen molar-refractivity contribution in [2.75, 3.05) is 46.3 Å². The van der Waals surface area contributed by atoms with Crippen LogP contribution in [0.25, 0.3) is 33.4 Å². The Balaban J connectivity index is 1.31. The number of aliphatic hydroxyl groups is 8. The molecule has 0 saturated carbocycles.